The van der Waals surface area contributed by atoms with Crippen molar-refractivity contribution in [1.82, 2.24) is 4.90 Å². The first-order valence-corrected chi connectivity index (χ1v) is 7.56. The van der Waals surface area contributed by atoms with Crippen LogP contribution in [0.5, 0.6) is 5.75 Å². The van der Waals surface area contributed by atoms with E-state index < -0.39 is 0 Å². The zero-order chi connectivity index (χ0) is 13.0. The first kappa shape index (κ1) is 13.9. The van der Waals surface area contributed by atoms with Crippen LogP contribution in [0.3, 0.4) is 0 Å². The highest BCUT2D eigenvalue weighted by molar-refractivity contribution is 9.10. The van der Waals surface area contributed by atoms with E-state index in [2.05, 4.69) is 46.8 Å². The Morgan fingerprint density at radius 3 is 2.78 bits per heavy atom. The number of ether oxygens (including phenoxy) is 1. The van der Waals surface area contributed by atoms with Crippen molar-refractivity contribution in [2.75, 3.05) is 26.2 Å². The van der Waals surface area contributed by atoms with Crippen LogP contribution in [0.2, 0.25) is 0 Å². The van der Waals surface area contributed by atoms with Crippen molar-refractivity contribution in [2.24, 2.45) is 5.92 Å². The Kier molecular flexibility index (Phi) is 5.07. The van der Waals surface area contributed by atoms with E-state index in [4.69, 9.17) is 4.74 Å². The first-order valence-electron chi connectivity index (χ1n) is 6.76. The molecule has 0 spiro atoms. The molecule has 1 saturated heterocycles. The molecule has 0 radical (unpaired) electrons. The van der Waals surface area contributed by atoms with Crippen LogP contribution in [-0.4, -0.2) is 31.1 Å². The van der Waals surface area contributed by atoms with Gasteiger partial charge in [-0.25, -0.2) is 0 Å². The Hall–Kier alpha value is -0.540. The van der Waals surface area contributed by atoms with E-state index in [1.165, 1.54) is 31.5 Å². The fraction of sp³-hybridized carbons (Fsp3) is 0.600. The topological polar surface area (TPSA) is 12.5 Å². The van der Waals surface area contributed by atoms with E-state index in [0.29, 0.717) is 0 Å². The summed E-state index contributed by atoms with van der Waals surface area (Å²) in [6.45, 7) is 8.69. The van der Waals surface area contributed by atoms with Gasteiger partial charge in [0, 0.05) is 6.54 Å². The summed E-state index contributed by atoms with van der Waals surface area (Å²) in [5.41, 5.74) is 1.24. The minimum Gasteiger partial charge on any atom is -0.491 e. The first-order chi connectivity index (χ1) is 8.65. The molecule has 0 atom stereocenters. The van der Waals surface area contributed by atoms with E-state index >= 15 is 0 Å². The zero-order valence-corrected chi connectivity index (χ0v) is 12.9. The second-order valence-electron chi connectivity index (χ2n) is 5.31. The molecule has 2 rings (SSSR count). The molecule has 100 valence electrons. The number of aryl methyl sites for hydroxylation is 1. The van der Waals surface area contributed by atoms with Gasteiger partial charge in [0.1, 0.15) is 12.4 Å². The lowest BCUT2D eigenvalue weighted by Gasteiger charge is -2.29. The minimum absolute atomic E-state index is 0.774. The summed E-state index contributed by atoms with van der Waals surface area (Å²) in [5.74, 6) is 1.86. The maximum atomic E-state index is 5.86. The number of rotatable bonds is 4. The van der Waals surface area contributed by atoms with Crippen LogP contribution in [0, 0.1) is 12.8 Å². The maximum absolute atomic E-state index is 5.86. The Bertz CT molecular complexity index is 386. The molecule has 0 bridgehead atoms. The summed E-state index contributed by atoms with van der Waals surface area (Å²) in [6, 6.07) is 6.22. The molecule has 1 aliphatic heterocycles. The third kappa shape index (κ3) is 3.99. The standard InChI is InChI=1S/C15H22BrNO/c1-12-5-7-17(8-6-12)9-10-18-15-11-13(2)3-4-14(15)16/h3-4,11-12H,5-10H2,1-2H3. The quantitative estimate of drug-likeness (QED) is 0.837. The van der Waals surface area contributed by atoms with E-state index in [9.17, 15) is 0 Å². The summed E-state index contributed by atoms with van der Waals surface area (Å²) in [6.07, 6.45) is 2.66. The molecule has 1 aliphatic rings. The highest BCUT2D eigenvalue weighted by Crippen LogP contribution is 2.25. The highest BCUT2D eigenvalue weighted by Gasteiger charge is 2.15. The van der Waals surface area contributed by atoms with Crippen molar-refractivity contribution >= 4 is 15.9 Å². The molecular weight excluding hydrogens is 290 g/mol. The Labute approximate surface area is 118 Å². The number of likely N-dealkylation sites (tertiary alicyclic amines) is 1. The molecular formula is C15H22BrNO. The van der Waals surface area contributed by atoms with Gasteiger partial charge < -0.3 is 4.74 Å². The summed E-state index contributed by atoms with van der Waals surface area (Å²) in [7, 11) is 0. The predicted octanol–water partition coefficient (Wildman–Crippen LogP) is 3.87. The molecule has 18 heavy (non-hydrogen) atoms. The lowest BCUT2D eigenvalue weighted by atomic mass is 9.99. The summed E-state index contributed by atoms with van der Waals surface area (Å²) in [5, 5.41) is 0. The van der Waals surface area contributed by atoms with Crippen LogP contribution in [-0.2, 0) is 0 Å². The van der Waals surface area contributed by atoms with Gasteiger partial charge in [-0.05, 0) is 72.4 Å². The molecule has 0 amide bonds. The van der Waals surface area contributed by atoms with Gasteiger partial charge in [-0.15, -0.1) is 0 Å². The molecule has 0 unspecified atom stereocenters. The number of hydrogen-bond donors (Lipinski definition) is 0. The van der Waals surface area contributed by atoms with E-state index in [-0.39, 0.29) is 0 Å². The van der Waals surface area contributed by atoms with Gasteiger partial charge in [-0.2, -0.15) is 0 Å². The lowest BCUT2D eigenvalue weighted by molar-refractivity contribution is 0.160. The van der Waals surface area contributed by atoms with Crippen LogP contribution >= 0.6 is 15.9 Å². The molecule has 0 aromatic heterocycles. The fourth-order valence-electron chi connectivity index (χ4n) is 2.29. The smallest absolute Gasteiger partial charge is 0.133 e. The summed E-state index contributed by atoms with van der Waals surface area (Å²) >= 11 is 3.53. The molecule has 1 aromatic carbocycles. The second-order valence-corrected chi connectivity index (χ2v) is 6.16. The van der Waals surface area contributed by atoms with Gasteiger partial charge >= 0.3 is 0 Å². The second kappa shape index (κ2) is 6.58. The summed E-state index contributed by atoms with van der Waals surface area (Å²) in [4.78, 5) is 2.50. The molecule has 0 N–H and O–H groups in total. The van der Waals surface area contributed by atoms with E-state index in [0.717, 1.165) is 29.3 Å². The minimum atomic E-state index is 0.774. The van der Waals surface area contributed by atoms with Crippen LogP contribution in [0.25, 0.3) is 0 Å². The van der Waals surface area contributed by atoms with Crippen LogP contribution in [0.4, 0.5) is 0 Å². The average molecular weight is 312 g/mol. The lowest BCUT2D eigenvalue weighted by Crippen LogP contribution is -2.35. The number of hydrogen-bond acceptors (Lipinski definition) is 2. The third-order valence-corrected chi connectivity index (χ3v) is 4.28. The van der Waals surface area contributed by atoms with Crippen LogP contribution in [0.15, 0.2) is 22.7 Å². The highest BCUT2D eigenvalue weighted by atomic mass is 79.9. The molecule has 0 aliphatic carbocycles. The fourth-order valence-corrected chi connectivity index (χ4v) is 2.65. The maximum Gasteiger partial charge on any atom is 0.133 e. The monoisotopic (exact) mass is 311 g/mol. The van der Waals surface area contributed by atoms with Crippen molar-refractivity contribution in [3.05, 3.63) is 28.2 Å². The van der Waals surface area contributed by atoms with Crippen LogP contribution in [0.1, 0.15) is 25.3 Å². The Morgan fingerprint density at radius 2 is 2.06 bits per heavy atom. The SMILES string of the molecule is Cc1ccc(Br)c(OCCN2CCC(C)CC2)c1. The zero-order valence-electron chi connectivity index (χ0n) is 11.3. The van der Waals surface area contributed by atoms with Gasteiger partial charge in [0.25, 0.3) is 0 Å². The molecule has 1 fully saturated rings. The largest absolute Gasteiger partial charge is 0.491 e. The molecule has 1 aromatic rings. The van der Waals surface area contributed by atoms with Gasteiger partial charge in [-0.3, -0.25) is 4.90 Å². The molecule has 2 nitrogen and oxygen atoms in total. The van der Waals surface area contributed by atoms with E-state index in [1.54, 1.807) is 0 Å². The number of benzene rings is 1. The van der Waals surface area contributed by atoms with Crippen molar-refractivity contribution < 1.29 is 4.74 Å². The molecule has 3 heteroatoms. The average Bonchev–Trinajstić information content (AvgIpc) is 2.36. The van der Waals surface area contributed by atoms with E-state index in [1.807, 2.05) is 6.07 Å². The Balaban J connectivity index is 1.76. The number of nitrogens with zero attached hydrogens (tertiary/aromatic N) is 1. The van der Waals surface area contributed by atoms with Crippen molar-refractivity contribution in [1.29, 1.82) is 0 Å². The predicted molar refractivity (Wildman–Crippen MR) is 79.2 cm³/mol. The number of halogens is 1. The third-order valence-electron chi connectivity index (χ3n) is 3.63. The summed E-state index contributed by atoms with van der Waals surface area (Å²) < 4.78 is 6.90. The molecule has 0 saturated carbocycles. The number of piperidine rings is 1. The van der Waals surface area contributed by atoms with Crippen LogP contribution < -0.4 is 4.74 Å². The van der Waals surface area contributed by atoms with Crippen molar-refractivity contribution in [3.8, 4) is 5.75 Å². The van der Waals surface area contributed by atoms with Gasteiger partial charge in [0.05, 0.1) is 4.47 Å². The van der Waals surface area contributed by atoms with Crippen molar-refractivity contribution in [3.63, 3.8) is 0 Å². The van der Waals surface area contributed by atoms with Gasteiger partial charge in [0.2, 0.25) is 0 Å². The van der Waals surface area contributed by atoms with Gasteiger partial charge in [0.15, 0.2) is 0 Å². The van der Waals surface area contributed by atoms with Crippen molar-refractivity contribution in [2.45, 2.75) is 26.7 Å². The molecule has 1 heterocycles. The normalized spacial score (nSPS) is 17.9. The Morgan fingerprint density at radius 1 is 1.33 bits per heavy atom. The van der Waals surface area contributed by atoms with Gasteiger partial charge in [-0.1, -0.05) is 13.0 Å².